The molecule has 0 spiro atoms. The lowest BCUT2D eigenvalue weighted by Crippen LogP contribution is -2.34. The molecule has 2 rings (SSSR count). The first-order valence-corrected chi connectivity index (χ1v) is 8.51. The molecule has 2 atom stereocenters. The summed E-state index contributed by atoms with van der Waals surface area (Å²) in [5.41, 5.74) is 1.90. The van der Waals surface area contributed by atoms with Crippen LogP contribution in [0.5, 0.6) is 0 Å². The maximum Gasteiger partial charge on any atom is 0.243 e. The molecule has 0 aliphatic carbocycles. The van der Waals surface area contributed by atoms with Crippen LogP contribution in [0.2, 0.25) is 0 Å². The summed E-state index contributed by atoms with van der Waals surface area (Å²) in [6, 6.07) is 5.28. The minimum absolute atomic E-state index is 0.0701. The number of nitrogens with zero attached hydrogens (tertiary/aromatic N) is 1. The SMILES string of the molecule is Cc1ccc(S(=O)(=O)N2CC(C)CC2C)cc1CCl. The average Bonchev–Trinajstić information content (AvgIpc) is 2.69. The molecule has 1 aromatic rings. The number of alkyl halides is 1. The van der Waals surface area contributed by atoms with Crippen molar-refractivity contribution in [3.05, 3.63) is 29.3 Å². The normalized spacial score (nSPS) is 24.8. The number of aryl methyl sites for hydroxylation is 1. The van der Waals surface area contributed by atoms with E-state index in [0.717, 1.165) is 17.5 Å². The van der Waals surface area contributed by atoms with Crippen LogP contribution in [0, 0.1) is 12.8 Å². The Kier molecular flexibility index (Phi) is 4.23. The Balaban J connectivity index is 2.40. The molecule has 0 aromatic heterocycles. The van der Waals surface area contributed by atoms with Gasteiger partial charge in [-0.2, -0.15) is 4.31 Å². The van der Waals surface area contributed by atoms with E-state index in [4.69, 9.17) is 11.6 Å². The van der Waals surface area contributed by atoms with Crippen molar-refractivity contribution in [2.24, 2.45) is 5.92 Å². The molecule has 0 bridgehead atoms. The quantitative estimate of drug-likeness (QED) is 0.804. The Morgan fingerprint density at radius 2 is 2.05 bits per heavy atom. The molecule has 1 aliphatic rings. The third kappa shape index (κ3) is 2.81. The molecule has 1 heterocycles. The molecule has 1 fully saturated rings. The largest absolute Gasteiger partial charge is 0.243 e. The first-order chi connectivity index (χ1) is 8.86. The smallest absolute Gasteiger partial charge is 0.207 e. The summed E-state index contributed by atoms with van der Waals surface area (Å²) in [7, 11) is -3.40. The van der Waals surface area contributed by atoms with Gasteiger partial charge in [0.1, 0.15) is 0 Å². The maximum absolute atomic E-state index is 12.7. The first-order valence-electron chi connectivity index (χ1n) is 6.53. The Morgan fingerprint density at radius 3 is 2.58 bits per heavy atom. The van der Waals surface area contributed by atoms with E-state index in [2.05, 4.69) is 6.92 Å². The average molecular weight is 302 g/mol. The summed E-state index contributed by atoms with van der Waals surface area (Å²) in [6.07, 6.45) is 0.924. The lowest BCUT2D eigenvalue weighted by molar-refractivity contribution is 0.405. The van der Waals surface area contributed by atoms with Gasteiger partial charge in [0.15, 0.2) is 0 Å². The number of sulfonamides is 1. The zero-order valence-corrected chi connectivity index (χ0v) is 13.1. The fourth-order valence-corrected chi connectivity index (χ4v) is 4.78. The van der Waals surface area contributed by atoms with Crippen LogP contribution in [0.15, 0.2) is 23.1 Å². The van der Waals surface area contributed by atoms with Gasteiger partial charge in [0.05, 0.1) is 4.90 Å². The van der Waals surface area contributed by atoms with Crippen molar-refractivity contribution in [1.82, 2.24) is 4.31 Å². The summed E-state index contributed by atoms with van der Waals surface area (Å²) in [4.78, 5) is 0.356. The highest BCUT2D eigenvalue weighted by Gasteiger charge is 2.36. The van der Waals surface area contributed by atoms with Crippen LogP contribution in [-0.2, 0) is 15.9 Å². The van der Waals surface area contributed by atoms with E-state index in [-0.39, 0.29) is 6.04 Å². The number of hydrogen-bond donors (Lipinski definition) is 0. The third-order valence-corrected chi connectivity index (χ3v) is 6.06. The van der Waals surface area contributed by atoms with E-state index >= 15 is 0 Å². The monoisotopic (exact) mass is 301 g/mol. The van der Waals surface area contributed by atoms with Crippen molar-refractivity contribution < 1.29 is 8.42 Å². The van der Waals surface area contributed by atoms with Crippen molar-refractivity contribution in [3.63, 3.8) is 0 Å². The van der Waals surface area contributed by atoms with Gasteiger partial charge in [-0.3, -0.25) is 0 Å². The number of halogens is 1. The molecule has 1 aromatic carbocycles. The maximum atomic E-state index is 12.7. The van der Waals surface area contributed by atoms with Crippen molar-refractivity contribution in [2.75, 3.05) is 6.54 Å². The van der Waals surface area contributed by atoms with Gasteiger partial charge >= 0.3 is 0 Å². The Bertz CT molecular complexity index is 571. The fraction of sp³-hybridized carbons (Fsp3) is 0.571. The predicted molar refractivity (Wildman–Crippen MR) is 77.9 cm³/mol. The molecule has 106 valence electrons. The zero-order chi connectivity index (χ0) is 14.2. The number of rotatable bonds is 3. The predicted octanol–water partition coefficient (Wildman–Crippen LogP) is 3.15. The van der Waals surface area contributed by atoms with Gasteiger partial charge in [-0.1, -0.05) is 13.0 Å². The Morgan fingerprint density at radius 1 is 1.37 bits per heavy atom. The van der Waals surface area contributed by atoms with E-state index in [0.29, 0.717) is 23.2 Å². The number of benzene rings is 1. The molecule has 0 amide bonds. The van der Waals surface area contributed by atoms with Crippen molar-refractivity contribution in [3.8, 4) is 0 Å². The molecular weight excluding hydrogens is 282 g/mol. The van der Waals surface area contributed by atoms with Crippen LogP contribution < -0.4 is 0 Å². The highest BCUT2D eigenvalue weighted by Crippen LogP contribution is 2.30. The lowest BCUT2D eigenvalue weighted by Gasteiger charge is -2.21. The van der Waals surface area contributed by atoms with Gasteiger partial charge < -0.3 is 0 Å². The third-order valence-electron chi connectivity index (χ3n) is 3.80. The van der Waals surface area contributed by atoms with Crippen LogP contribution in [-0.4, -0.2) is 25.3 Å². The molecule has 19 heavy (non-hydrogen) atoms. The topological polar surface area (TPSA) is 37.4 Å². The van der Waals surface area contributed by atoms with Gasteiger partial charge in [-0.25, -0.2) is 8.42 Å². The van der Waals surface area contributed by atoms with Crippen LogP contribution in [0.3, 0.4) is 0 Å². The zero-order valence-electron chi connectivity index (χ0n) is 11.6. The molecule has 3 nitrogen and oxygen atoms in total. The highest BCUT2D eigenvalue weighted by molar-refractivity contribution is 7.89. The van der Waals surface area contributed by atoms with Gasteiger partial charge in [-0.05, 0) is 49.4 Å². The summed E-state index contributed by atoms with van der Waals surface area (Å²) in [5, 5.41) is 0. The minimum atomic E-state index is -3.40. The summed E-state index contributed by atoms with van der Waals surface area (Å²) < 4.78 is 26.9. The molecule has 1 saturated heterocycles. The molecule has 2 unspecified atom stereocenters. The lowest BCUT2D eigenvalue weighted by atomic mass is 10.1. The summed E-state index contributed by atoms with van der Waals surface area (Å²) in [5.74, 6) is 0.754. The summed E-state index contributed by atoms with van der Waals surface area (Å²) in [6.45, 7) is 6.60. The second-order valence-electron chi connectivity index (χ2n) is 5.49. The van der Waals surface area contributed by atoms with Gasteiger partial charge in [0.2, 0.25) is 10.0 Å². The van der Waals surface area contributed by atoms with Crippen molar-refractivity contribution in [2.45, 2.75) is 44.0 Å². The second kappa shape index (κ2) is 5.43. The standard InChI is InChI=1S/C14H20ClNO2S/c1-10-6-12(3)16(9-10)19(17,18)14-5-4-11(2)13(7-14)8-15/h4-5,7,10,12H,6,8-9H2,1-3H3. The first kappa shape index (κ1) is 14.8. The molecule has 0 saturated carbocycles. The van der Waals surface area contributed by atoms with Crippen LogP contribution in [0.1, 0.15) is 31.4 Å². The van der Waals surface area contributed by atoms with Crippen molar-refractivity contribution >= 4 is 21.6 Å². The van der Waals surface area contributed by atoms with E-state index in [9.17, 15) is 8.42 Å². The summed E-state index contributed by atoms with van der Waals surface area (Å²) >= 11 is 5.86. The van der Waals surface area contributed by atoms with Gasteiger partial charge in [0, 0.05) is 18.5 Å². The van der Waals surface area contributed by atoms with E-state index < -0.39 is 10.0 Å². The molecular formula is C14H20ClNO2S. The van der Waals surface area contributed by atoms with Gasteiger partial charge in [0.25, 0.3) is 0 Å². The van der Waals surface area contributed by atoms with Crippen LogP contribution in [0.25, 0.3) is 0 Å². The fourth-order valence-electron chi connectivity index (χ4n) is 2.68. The van der Waals surface area contributed by atoms with Crippen LogP contribution in [0.4, 0.5) is 0 Å². The molecule has 1 aliphatic heterocycles. The Hall–Kier alpha value is -0.580. The van der Waals surface area contributed by atoms with E-state index in [1.54, 1.807) is 16.4 Å². The van der Waals surface area contributed by atoms with E-state index in [1.807, 2.05) is 19.9 Å². The molecule has 0 radical (unpaired) electrons. The highest BCUT2D eigenvalue weighted by atomic mass is 35.5. The molecule has 5 heteroatoms. The van der Waals surface area contributed by atoms with Crippen LogP contribution >= 0.6 is 11.6 Å². The van der Waals surface area contributed by atoms with Gasteiger partial charge in [-0.15, -0.1) is 11.6 Å². The minimum Gasteiger partial charge on any atom is -0.207 e. The Labute approximate surface area is 120 Å². The van der Waals surface area contributed by atoms with E-state index in [1.165, 1.54) is 0 Å². The number of hydrogen-bond acceptors (Lipinski definition) is 2. The second-order valence-corrected chi connectivity index (χ2v) is 7.64. The molecule has 0 N–H and O–H groups in total. The van der Waals surface area contributed by atoms with Crippen molar-refractivity contribution in [1.29, 1.82) is 0 Å².